The van der Waals surface area contributed by atoms with Gasteiger partial charge >= 0.3 is 18.1 Å². The molecule has 0 unspecified atom stereocenters. The van der Waals surface area contributed by atoms with Crippen molar-refractivity contribution < 1.29 is 37.2 Å². The Morgan fingerprint density at radius 1 is 0.968 bits per heavy atom. The van der Waals surface area contributed by atoms with Crippen LogP contribution in [0.1, 0.15) is 25.0 Å². The highest BCUT2D eigenvalue weighted by molar-refractivity contribution is 5.95. The van der Waals surface area contributed by atoms with Crippen molar-refractivity contribution in [2.45, 2.75) is 26.4 Å². The molecule has 0 atom stereocenters. The molecule has 2 aromatic carbocycles. The van der Waals surface area contributed by atoms with Crippen LogP contribution in [0.3, 0.4) is 0 Å². The average Bonchev–Trinajstić information content (AvgIpc) is 2.71. The molecule has 0 aliphatic carbocycles. The summed E-state index contributed by atoms with van der Waals surface area (Å²) < 4.78 is 48.1. The predicted molar refractivity (Wildman–Crippen MR) is 104 cm³/mol. The van der Waals surface area contributed by atoms with E-state index in [9.17, 15) is 32.9 Å². The summed E-state index contributed by atoms with van der Waals surface area (Å²) in [4.78, 5) is 35.2. The maximum absolute atomic E-state index is 12.8. The fraction of sp³-hybridized carbons (Fsp3) is 0.333. The first-order valence-corrected chi connectivity index (χ1v) is 9.36. The van der Waals surface area contributed by atoms with E-state index < -0.39 is 34.5 Å². The molecule has 0 spiro atoms. The van der Waals surface area contributed by atoms with Crippen molar-refractivity contribution >= 4 is 17.6 Å². The van der Waals surface area contributed by atoms with E-state index in [1.165, 1.54) is 30.3 Å². The molecule has 0 fully saturated rings. The van der Waals surface area contributed by atoms with Crippen molar-refractivity contribution in [1.82, 2.24) is 0 Å². The Morgan fingerprint density at radius 3 is 1.94 bits per heavy atom. The summed E-state index contributed by atoms with van der Waals surface area (Å²) in [5.74, 6) is -3.17. The summed E-state index contributed by atoms with van der Waals surface area (Å²) in [7, 11) is 0. The van der Waals surface area contributed by atoms with Crippen LogP contribution < -0.4 is 0 Å². The molecular formula is C21H20F3NO6. The number of nitro benzene ring substituents is 1. The van der Waals surface area contributed by atoms with Gasteiger partial charge in [0.2, 0.25) is 0 Å². The molecule has 166 valence electrons. The van der Waals surface area contributed by atoms with Crippen LogP contribution in [0, 0.1) is 16.0 Å². The van der Waals surface area contributed by atoms with Crippen molar-refractivity contribution in [2.24, 2.45) is 5.92 Å². The molecule has 2 rings (SSSR count). The zero-order valence-electron chi connectivity index (χ0n) is 16.8. The molecule has 0 heterocycles. The SMILES string of the molecule is CCOC(=O)C(Cc1cc(-c2ccc(C(F)(F)F)cc2)ccc1[N+](=O)[O-])C(=O)OCC. The predicted octanol–water partition coefficient (Wildman–Crippen LogP) is 4.57. The molecule has 0 amide bonds. The molecule has 0 saturated carbocycles. The first-order valence-electron chi connectivity index (χ1n) is 9.36. The zero-order valence-corrected chi connectivity index (χ0v) is 16.8. The second kappa shape index (κ2) is 10.1. The summed E-state index contributed by atoms with van der Waals surface area (Å²) >= 11 is 0. The molecule has 10 heteroatoms. The molecule has 0 aliphatic heterocycles. The number of carbonyl (C=O) groups is 2. The third-order valence-electron chi connectivity index (χ3n) is 4.39. The van der Waals surface area contributed by atoms with Gasteiger partial charge in [-0.25, -0.2) is 0 Å². The van der Waals surface area contributed by atoms with Crippen LogP contribution >= 0.6 is 0 Å². The monoisotopic (exact) mass is 439 g/mol. The fourth-order valence-corrected chi connectivity index (χ4v) is 2.93. The lowest BCUT2D eigenvalue weighted by Crippen LogP contribution is -2.30. The number of halogens is 3. The number of carbonyl (C=O) groups excluding carboxylic acids is 2. The summed E-state index contributed by atoms with van der Waals surface area (Å²) in [5, 5.41) is 11.4. The van der Waals surface area contributed by atoms with Crippen LogP contribution in [0.15, 0.2) is 42.5 Å². The number of ether oxygens (including phenoxy) is 2. The van der Waals surface area contributed by atoms with Gasteiger partial charge in [-0.3, -0.25) is 19.7 Å². The summed E-state index contributed by atoms with van der Waals surface area (Å²) in [6.07, 6.45) is -4.85. The van der Waals surface area contributed by atoms with Crippen LogP contribution in [0.25, 0.3) is 11.1 Å². The molecule has 2 aromatic rings. The van der Waals surface area contributed by atoms with E-state index >= 15 is 0 Å². The van der Waals surface area contributed by atoms with Crippen LogP contribution in [-0.4, -0.2) is 30.1 Å². The van der Waals surface area contributed by atoms with Gasteiger partial charge in [-0.15, -0.1) is 0 Å². The Labute approximate surface area is 175 Å². The molecule has 31 heavy (non-hydrogen) atoms. The van der Waals surface area contributed by atoms with Gasteiger partial charge in [-0.2, -0.15) is 13.2 Å². The Bertz CT molecular complexity index is 939. The minimum absolute atomic E-state index is 0.00241. The van der Waals surface area contributed by atoms with Crippen molar-refractivity contribution in [3.8, 4) is 11.1 Å². The highest BCUT2D eigenvalue weighted by Gasteiger charge is 2.33. The Hall–Kier alpha value is -3.43. The molecule has 0 N–H and O–H groups in total. The van der Waals surface area contributed by atoms with Gasteiger partial charge in [0.25, 0.3) is 5.69 Å². The van der Waals surface area contributed by atoms with Gasteiger partial charge in [-0.1, -0.05) is 12.1 Å². The maximum Gasteiger partial charge on any atom is 0.416 e. The van der Waals surface area contributed by atoms with Crippen molar-refractivity contribution in [1.29, 1.82) is 0 Å². The molecular weight excluding hydrogens is 419 g/mol. The van der Waals surface area contributed by atoms with E-state index in [0.717, 1.165) is 12.1 Å². The second-order valence-corrected chi connectivity index (χ2v) is 6.44. The number of esters is 2. The fourth-order valence-electron chi connectivity index (χ4n) is 2.93. The Morgan fingerprint density at radius 2 is 1.48 bits per heavy atom. The van der Waals surface area contributed by atoms with Gasteiger partial charge < -0.3 is 9.47 Å². The molecule has 7 nitrogen and oxygen atoms in total. The van der Waals surface area contributed by atoms with E-state index in [4.69, 9.17) is 9.47 Å². The molecule has 0 radical (unpaired) electrons. The Kier molecular flexibility index (Phi) is 7.73. The number of benzene rings is 2. The van der Waals surface area contributed by atoms with E-state index in [-0.39, 0.29) is 30.9 Å². The van der Waals surface area contributed by atoms with E-state index in [0.29, 0.717) is 11.1 Å². The summed E-state index contributed by atoms with van der Waals surface area (Å²) in [6, 6.07) is 8.20. The van der Waals surface area contributed by atoms with Crippen LogP contribution in [0.5, 0.6) is 0 Å². The smallest absolute Gasteiger partial charge is 0.416 e. The van der Waals surface area contributed by atoms with Gasteiger partial charge in [0.1, 0.15) is 0 Å². The van der Waals surface area contributed by atoms with E-state index in [2.05, 4.69) is 0 Å². The van der Waals surface area contributed by atoms with Gasteiger partial charge in [-0.05, 0) is 49.2 Å². The van der Waals surface area contributed by atoms with E-state index in [1.807, 2.05) is 0 Å². The zero-order chi connectivity index (χ0) is 23.2. The van der Waals surface area contributed by atoms with Crippen LogP contribution in [0.2, 0.25) is 0 Å². The first-order chi connectivity index (χ1) is 14.6. The topological polar surface area (TPSA) is 95.7 Å². The normalized spacial score (nSPS) is 11.3. The third-order valence-corrected chi connectivity index (χ3v) is 4.39. The summed E-state index contributed by atoms with van der Waals surface area (Å²) in [6.45, 7) is 3.10. The number of hydrogen-bond donors (Lipinski definition) is 0. The number of hydrogen-bond acceptors (Lipinski definition) is 6. The number of alkyl halides is 3. The number of rotatable bonds is 8. The molecule has 0 saturated heterocycles. The highest BCUT2D eigenvalue weighted by Crippen LogP contribution is 2.33. The summed E-state index contributed by atoms with van der Waals surface area (Å²) in [5.41, 5.74) is -0.348. The van der Waals surface area contributed by atoms with Gasteiger partial charge in [0.05, 0.1) is 23.7 Å². The standard InChI is InChI=1S/C21H20F3NO6/c1-3-30-19(26)17(20(27)31-4-2)12-15-11-14(7-10-18(15)25(28)29)13-5-8-16(9-6-13)21(22,23)24/h5-11,17H,3-4,12H2,1-2H3. The minimum Gasteiger partial charge on any atom is -0.465 e. The highest BCUT2D eigenvalue weighted by atomic mass is 19.4. The van der Waals surface area contributed by atoms with Gasteiger partial charge in [0, 0.05) is 18.1 Å². The average molecular weight is 439 g/mol. The van der Waals surface area contributed by atoms with Crippen molar-refractivity contribution in [3.63, 3.8) is 0 Å². The maximum atomic E-state index is 12.8. The quantitative estimate of drug-likeness (QED) is 0.259. The lowest BCUT2D eigenvalue weighted by molar-refractivity contribution is -0.385. The number of nitro groups is 1. The lowest BCUT2D eigenvalue weighted by Gasteiger charge is -2.15. The number of nitrogens with zero attached hydrogens (tertiary/aromatic N) is 1. The molecule has 0 aromatic heterocycles. The van der Waals surface area contributed by atoms with Gasteiger partial charge in [0.15, 0.2) is 5.92 Å². The lowest BCUT2D eigenvalue weighted by atomic mass is 9.94. The first kappa shape index (κ1) is 23.8. The van der Waals surface area contributed by atoms with Crippen LogP contribution in [-0.2, 0) is 31.7 Å². The Balaban J connectivity index is 2.46. The largest absolute Gasteiger partial charge is 0.465 e. The minimum atomic E-state index is -4.49. The van der Waals surface area contributed by atoms with Crippen LogP contribution in [0.4, 0.5) is 18.9 Å². The second-order valence-electron chi connectivity index (χ2n) is 6.44. The third kappa shape index (κ3) is 6.03. The molecule has 0 bridgehead atoms. The molecule has 0 aliphatic rings. The van der Waals surface area contributed by atoms with Crippen molar-refractivity contribution in [2.75, 3.05) is 13.2 Å². The van der Waals surface area contributed by atoms with Crippen molar-refractivity contribution in [3.05, 3.63) is 63.7 Å². The van der Waals surface area contributed by atoms with E-state index in [1.54, 1.807) is 13.8 Å².